The summed E-state index contributed by atoms with van der Waals surface area (Å²) in [5.74, 6) is -0.879. The standard InChI is InChI=1S/C13H11BrF3NS2/c14-9-5-10(19-7-9)6-18-11-3-1-2-4-12(11)20-8-13(15,16)17/h1-5,7,18H,6,8H2. The minimum Gasteiger partial charge on any atom is -0.379 e. The third-order valence-electron chi connectivity index (χ3n) is 2.35. The molecule has 0 saturated heterocycles. The zero-order chi connectivity index (χ0) is 14.6. The van der Waals surface area contributed by atoms with E-state index in [0.717, 1.165) is 26.8 Å². The average molecular weight is 382 g/mol. The van der Waals surface area contributed by atoms with Gasteiger partial charge in [0, 0.05) is 31.9 Å². The molecule has 2 rings (SSSR count). The fraction of sp³-hybridized carbons (Fsp3) is 0.231. The normalized spacial score (nSPS) is 11.6. The maximum Gasteiger partial charge on any atom is 0.398 e. The van der Waals surface area contributed by atoms with Crippen LogP contribution < -0.4 is 5.32 Å². The maximum atomic E-state index is 12.3. The first-order valence-corrected chi connectivity index (χ1v) is 8.35. The highest BCUT2D eigenvalue weighted by atomic mass is 79.9. The van der Waals surface area contributed by atoms with Crippen molar-refractivity contribution in [3.8, 4) is 0 Å². The van der Waals surface area contributed by atoms with Crippen LogP contribution >= 0.6 is 39.0 Å². The maximum absolute atomic E-state index is 12.3. The van der Waals surface area contributed by atoms with E-state index in [1.54, 1.807) is 29.5 Å². The third-order valence-corrected chi connectivity index (χ3v) is 5.19. The van der Waals surface area contributed by atoms with Crippen molar-refractivity contribution in [2.24, 2.45) is 0 Å². The van der Waals surface area contributed by atoms with Crippen molar-refractivity contribution < 1.29 is 13.2 Å². The molecule has 0 bridgehead atoms. The minimum absolute atomic E-state index is 0.597. The first-order valence-electron chi connectivity index (χ1n) is 5.69. The molecule has 1 heterocycles. The summed E-state index contributed by atoms with van der Waals surface area (Å²) in [6.07, 6.45) is -4.16. The van der Waals surface area contributed by atoms with Crippen molar-refractivity contribution in [3.05, 3.63) is 45.1 Å². The lowest BCUT2D eigenvalue weighted by molar-refractivity contribution is -0.105. The van der Waals surface area contributed by atoms with Crippen molar-refractivity contribution in [2.45, 2.75) is 17.6 Å². The zero-order valence-corrected chi connectivity index (χ0v) is 13.4. The highest BCUT2D eigenvalue weighted by Gasteiger charge is 2.27. The Morgan fingerprint density at radius 2 is 2.00 bits per heavy atom. The van der Waals surface area contributed by atoms with Crippen LogP contribution in [0, 0.1) is 0 Å². The second-order valence-corrected chi connectivity index (χ2v) is 6.91. The van der Waals surface area contributed by atoms with E-state index in [9.17, 15) is 13.2 Å². The van der Waals surface area contributed by atoms with Gasteiger partial charge in [0.15, 0.2) is 0 Å². The molecule has 0 aliphatic rings. The van der Waals surface area contributed by atoms with Gasteiger partial charge < -0.3 is 5.32 Å². The third kappa shape index (κ3) is 5.03. The van der Waals surface area contributed by atoms with E-state index in [1.165, 1.54) is 0 Å². The van der Waals surface area contributed by atoms with Gasteiger partial charge in [0.1, 0.15) is 0 Å². The summed E-state index contributed by atoms with van der Waals surface area (Å²) in [7, 11) is 0. The molecule has 0 fully saturated rings. The van der Waals surface area contributed by atoms with E-state index in [-0.39, 0.29) is 0 Å². The minimum atomic E-state index is -4.16. The number of hydrogen-bond donors (Lipinski definition) is 1. The van der Waals surface area contributed by atoms with Gasteiger partial charge in [0.05, 0.1) is 5.75 Å². The van der Waals surface area contributed by atoms with Crippen molar-refractivity contribution in [2.75, 3.05) is 11.1 Å². The van der Waals surface area contributed by atoms with Crippen LogP contribution in [0.2, 0.25) is 0 Å². The SMILES string of the molecule is FC(F)(F)CSc1ccccc1NCc1cc(Br)cs1. The quantitative estimate of drug-likeness (QED) is 0.659. The molecule has 0 unspecified atom stereocenters. The number of benzene rings is 1. The molecule has 108 valence electrons. The molecular weight excluding hydrogens is 371 g/mol. The number of nitrogens with one attached hydrogen (secondary N) is 1. The summed E-state index contributed by atoms with van der Waals surface area (Å²) >= 11 is 5.77. The smallest absolute Gasteiger partial charge is 0.379 e. The summed E-state index contributed by atoms with van der Waals surface area (Å²) < 4.78 is 37.9. The van der Waals surface area contributed by atoms with Gasteiger partial charge in [0.2, 0.25) is 0 Å². The number of anilines is 1. The fourth-order valence-electron chi connectivity index (χ4n) is 1.53. The van der Waals surface area contributed by atoms with Crippen LogP contribution in [0.3, 0.4) is 0 Å². The van der Waals surface area contributed by atoms with Crippen molar-refractivity contribution in [3.63, 3.8) is 0 Å². The molecule has 1 nitrogen and oxygen atoms in total. The number of thioether (sulfide) groups is 1. The number of alkyl halides is 3. The second kappa shape index (κ2) is 6.87. The fourth-order valence-corrected chi connectivity index (χ4v) is 3.71. The topological polar surface area (TPSA) is 12.0 Å². The van der Waals surface area contributed by atoms with Gasteiger partial charge in [0.25, 0.3) is 0 Å². The Morgan fingerprint density at radius 1 is 1.25 bits per heavy atom. The predicted octanol–water partition coefficient (Wildman–Crippen LogP) is 5.78. The largest absolute Gasteiger partial charge is 0.398 e. The van der Waals surface area contributed by atoms with Gasteiger partial charge in [-0.15, -0.1) is 23.1 Å². The van der Waals surface area contributed by atoms with Gasteiger partial charge in [-0.25, -0.2) is 0 Å². The number of para-hydroxylation sites is 1. The van der Waals surface area contributed by atoms with Gasteiger partial charge in [-0.2, -0.15) is 13.2 Å². The van der Waals surface area contributed by atoms with E-state index in [4.69, 9.17) is 0 Å². The Bertz CT molecular complexity index is 569. The average Bonchev–Trinajstić information content (AvgIpc) is 2.80. The van der Waals surface area contributed by atoms with Crippen LogP contribution in [-0.2, 0) is 6.54 Å². The number of halogens is 4. The summed E-state index contributed by atoms with van der Waals surface area (Å²) in [6.45, 7) is 0.597. The van der Waals surface area contributed by atoms with Crippen LogP contribution in [0.4, 0.5) is 18.9 Å². The van der Waals surface area contributed by atoms with Gasteiger partial charge in [-0.3, -0.25) is 0 Å². The van der Waals surface area contributed by atoms with Crippen LogP contribution in [0.1, 0.15) is 4.88 Å². The molecule has 0 aliphatic carbocycles. The molecule has 0 atom stereocenters. The molecule has 0 saturated carbocycles. The number of hydrogen-bond acceptors (Lipinski definition) is 3. The first-order chi connectivity index (χ1) is 9.44. The summed E-state index contributed by atoms with van der Waals surface area (Å²) in [6, 6.07) is 9.03. The molecule has 0 spiro atoms. The number of thiophene rings is 1. The molecule has 0 aliphatic heterocycles. The highest BCUT2D eigenvalue weighted by molar-refractivity contribution is 9.10. The Kier molecular flexibility index (Phi) is 5.40. The lowest BCUT2D eigenvalue weighted by Gasteiger charge is -2.12. The Hall–Kier alpha value is -0.660. The van der Waals surface area contributed by atoms with Crippen LogP contribution in [-0.4, -0.2) is 11.9 Å². The highest BCUT2D eigenvalue weighted by Crippen LogP contribution is 2.32. The van der Waals surface area contributed by atoms with Crippen LogP contribution in [0.25, 0.3) is 0 Å². The van der Waals surface area contributed by atoms with Crippen molar-refractivity contribution in [1.82, 2.24) is 0 Å². The lowest BCUT2D eigenvalue weighted by Crippen LogP contribution is -2.10. The Balaban J connectivity index is 2.00. The van der Waals surface area contributed by atoms with Gasteiger partial charge in [-0.1, -0.05) is 12.1 Å². The molecule has 7 heteroatoms. The Morgan fingerprint density at radius 3 is 2.65 bits per heavy atom. The molecule has 20 heavy (non-hydrogen) atoms. The second-order valence-electron chi connectivity index (χ2n) is 3.98. The van der Waals surface area contributed by atoms with E-state index in [2.05, 4.69) is 21.2 Å². The van der Waals surface area contributed by atoms with Gasteiger partial charge in [-0.05, 0) is 34.1 Å². The molecule has 2 aromatic rings. The molecule has 1 aromatic carbocycles. The Labute approximate surface area is 131 Å². The summed E-state index contributed by atoms with van der Waals surface area (Å²) in [5.41, 5.74) is 0.728. The lowest BCUT2D eigenvalue weighted by atomic mass is 10.3. The van der Waals surface area contributed by atoms with Crippen LogP contribution in [0.15, 0.2) is 45.1 Å². The van der Waals surface area contributed by atoms with Crippen LogP contribution in [0.5, 0.6) is 0 Å². The van der Waals surface area contributed by atoms with E-state index in [0.29, 0.717) is 11.4 Å². The molecule has 1 aromatic heterocycles. The van der Waals surface area contributed by atoms with Crippen molar-refractivity contribution in [1.29, 1.82) is 0 Å². The summed E-state index contributed by atoms with van der Waals surface area (Å²) in [4.78, 5) is 1.73. The monoisotopic (exact) mass is 381 g/mol. The molecule has 0 radical (unpaired) electrons. The molecule has 1 N–H and O–H groups in total. The predicted molar refractivity (Wildman–Crippen MR) is 82.6 cm³/mol. The van der Waals surface area contributed by atoms with E-state index in [1.807, 2.05) is 17.5 Å². The number of rotatable bonds is 5. The molecule has 0 amide bonds. The van der Waals surface area contributed by atoms with E-state index < -0.39 is 11.9 Å². The van der Waals surface area contributed by atoms with E-state index >= 15 is 0 Å². The zero-order valence-electron chi connectivity index (χ0n) is 10.2. The first kappa shape index (κ1) is 15.7. The van der Waals surface area contributed by atoms with Gasteiger partial charge >= 0.3 is 6.18 Å². The summed E-state index contributed by atoms with van der Waals surface area (Å²) in [5, 5.41) is 5.15. The van der Waals surface area contributed by atoms with Crippen molar-refractivity contribution >= 4 is 44.7 Å². The molecular formula is C13H11BrF3NS2.